The standard InChI is InChI=1S/C28H22/c1-22-12-11-19-26(20-22)28(25-17-9-4-10-18-25)21-27(23-13-5-2-6-14-23)24-15-7-3-8-16-24/h2-20H,1H3. The molecule has 4 rings (SSSR count). The van der Waals surface area contributed by atoms with E-state index in [0.29, 0.717) is 0 Å². The van der Waals surface area contributed by atoms with Crippen LogP contribution in [0.25, 0.3) is 11.1 Å². The highest BCUT2D eigenvalue weighted by Gasteiger charge is 2.08. The van der Waals surface area contributed by atoms with Gasteiger partial charge in [0, 0.05) is 11.1 Å². The van der Waals surface area contributed by atoms with Crippen molar-refractivity contribution < 1.29 is 0 Å². The summed E-state index contributed by atoms with van der Waals surface area (Å²) in [7, 11) is 0. The van der Waals surface area contributed by atoms with Gasteiger partial charge in [-0.3, -0.25) is 0 Å². The van der Waals surface area contributed by atoms with E-state index in [9.17, 15) is 0 Å². The van der Waals surface area contributed by atoms with Crippen molar-refractivity contribution >= 4 is 11.1 Å². The largest absolute Gasteiger partial charge is 0.102 e. The van der Waals surface area contributed by atoms with Gasteiger partial charge in [0.05, 0.1) is 0 Å². The highest BCUT2D eigenvalue weighted by molar-refractivity contribution is 5.88. The van der Waals surface area contributed by atoms with Crippen molar-refractivity contribution in [3.8, 4) is 0 Å². The first-order valence-corrected chi connectivity index (χ1v) is 9.55. The lowest BCUT2D eigenvalue weighted by atomic mass is 9.93. The number of hydrogen-bond donors (Lipinski definition) is 0. The summed E-state index contributed by atoms with van der Waals surface area (Å²) >= 11 is 0. The van der Waals surface area contributed by atoms with Crippen LogP contribution in [-0.2, 0) is 0 Å². The van der Waals surface area contributed by atoms with E-state index in [1.54, 1.807) is 0 Å². The Morgan fingerprint density at radius 3 is 1.29 bits per heavy atom. The van der Waals surface area contributed by atoms with Gasteiger partial charge in [0.1, 0.15) is 0 Å². The average Bonchev–Trinajstić information content (AvgIpc) is 2.76. The van der Waals surface area contributed by atoms with Crippen LogP contribution in [0.3, 0.4) is 0 Å². The second-order valence-corrected chi connectivity index (χ2v) is 6.84. The van der Waals surface area contributed by atoms with Gasteiger partial charge >= 0.3 is 0 Å². The molecule has 0 aliphatic heterocycles. The Bertz CT molecular complexity index is 1070. The van der Waals surface area contributed by atoms with E-state index in [-0.39, 0.29) is 0 Å². The van der Waals surface area contributed by atoms with E-state index >= 15 is 0 Å². The van der Waals surface area contributed by atoms with Gasteiger partial charge in [0.2, 0.25) is 0 Å². The summed E-state index contributed by atoms with van der Waals surface area (Å²) in [6, 6.07) is 40.1. The first kappa shape index (κ1) is 17.8. The molecular weight excluding hydrogens is 336 g/mol. The zero-order valence-corrected chi connectivity index (χ0v) is 16.0. The lowest BCUT2D eigenvalue weighted by molar-refractivity contribution is 1.44. The number of aryl methyl sites for hydroxylation is 1. The molecule has 0 amide bonds. The van der Waals surface area contributed by atoms with Crippen LogP contribution in [0.15, 0.2) is 121 Å². The first-order chi connectivity index (χ1) is 13.8. The predicted molar refractivity (Wildman–Crippen MR) is 119 cm³/mol. The summed E-state index contributed by atoms with van der Waals surface area (Å²) in [5.41, 5.74) is 11.9. The third kappa shape index (κ3) is 4.04. The molecule has 4 aromatic rings. The smallest absolute Gasteiger partial charge is 0.0316 e. The predicted octanol–water partition coefficient (Wildman–Crippen LogP) is 7.16. The fourth-order valence-corrected chi connectivity index (χ4v) is 3.36. The van der Waals surface area contributed by atoms with Gasteiger partial charge < -0.3 is 0 Å². The minimum Gasteiger partial charge on any atom is -0.102 e. The molecule has 4 aromatic carbocycles. The van der Waals surface area contributed by atoms with E-state index in [1.165, 1.54) is 11.1 Å². The Balaban J connectivity index is 2.06. The van der Waals surface area contributed by atoms with Crippen LogP contribution < -0.4 is 0 Å². The summed E-state index contributed by atoms with van der Waals surface area (Å²) in [6.07, 6.45) is 0. The lowest BCUT2D eigenvalue weighted by Crippen LogP contribution is -1.91. The van der Waals surface area contributed by atoms with Crippen molar-refractivity contribution in [2.75, 3.05) is 0 Å². The maximum atomic E-state index is 3.78. The molecule has 0 radical (unpaired) electrons. The van der Waals surface area contributed by atoms with Crippen molar-refractivity contribution in [3.63, 3.8) is 0 Å². The van der Waals surface area contributed by atoms with Crippen LogP contribution in [-0.4, -0.2) is 0 Å². The summed E-state index contributed by atoms with van der Waals surface area (Å²) in [5.74, 6) is 0. The molecule has 0 unspecified atom stereocenters. The Labute approximate surface area is 167 Å². The van der Waals surface area contributed by atoms with Crippen LogP contribution in [0.1, 0.15) is 27.8 Å². The highest BCUT2D eigenvalue weighted by atomic mass is 14.1. The molecule has 0 heteroatoms. The zero-order chi connectivity index (χ0) is 19.2. The molecule has 0 fully saturated rings. The molecule has 0 saturated carbocycles. The molecule has 28 heavy (non-hydrogen) atoms. The van der Waals surface area contributed by atoms with Crippen molar-refractivity contribution in [1.29, 1.82) is 0 Å². The Kier molecular flexibility index (Phi) is 5.33. The average molecular weight is 358 g/mol. The molecule has 0 aliphatic carbocycles. The van der Waals surface area contributed by atoms with Crippen molar-refractivity contribution in [1.82, 2.24) is 0 Å². The Hall–Kier alpha value is -3.60. The molecule has 0 spiro atoms. The zero-order valence-electron chi connectivity index (χ0n) is 16.0. The van der Waals surface area contributed by atoms with Crippen molar-refractivity contribution in [2.24, 2.45) is 0 Å². The van der Waals surface area contributed by atoms with Gasteiger partial charge in [-0.15, -0.1) is 5.73 Å². The van der Waals surface area contributed by atoms with Crippen LogP contribution in [0.5, 0.6) is 0 Å². The second kappa shape index (κ2) is 8.39. The van der Waals surface area contributed by atoms with Crippen molar-refractivity contribution in [2.45, 2.75) is 6.92 Å². The van der Waals surface area contributed by atoms with Crippen LogP contribution >= 0.6 is 0 Å². The SMILES string of the molecule is Cc1cccc(C(=C=C(c2ccccc2)c2ccccc2)c2ccccc2)c1. The molecule has 0 atom stereocenters. The molecule has 0 aromatic heterocycles. The Morgan fingerprint density at radius 2 is 0.857 bits per heavy atom. The topological polar surface area (TPSA) is 0 Å². The van der Waals surface area contributed by atoms with Gasteiger partial charge in [0.25, 0.3) is 0 Å². The summed E-state index contributed by atoms with van der Waals surface area (Å²) in [6.45, 7) is 2.13. The maximum absolute atomic E-state index is 3.78. The van der Waals surface area contributed by atoms with Crippen LogP contribution in [0.2, 0.25) is 0 Å². The second-order valence-electron chi connectivity index (χ2n) is 6.84. The minimum atomic E-state index is 1.10. The first-order valence-electron chi connectivity index (χ1n) is 9.55. The molecule has 134 valence electrons. The molecular formula is C28H22. The number of hydrogen-bond acceptors (Lipinski definition) is 0. The van der Waals surface area contributed by atoms with E-state index in [1.807, 2.05) is 0 Å². The van der Waals surface area contributed by atoms with Gasteiger partial charge in [-0.2, -0.15) is 0 Å². The van der Waals surface area contributed by atoms with E-state index < -0.39 is 0 Å². The number of benzene rings is 4. The molecule has 0 saturated heterocycles. The van der Waals surface area contributed by atoms with Crippen LogP contribution in [0, 0.1) is 6.92 Å². The normalized spacial score (nSPS) is 10.2. The van der Waals surface area contributed by atoms with Gasteiger partial charge in [-0.05, 0) is 29.2 Å². The molecule has 0 bridgehead atoms. The van der Waals surface area contributed by atoms with Crippen molar-refractivity contribution in [3.05, 3.63) is 149 Å². The summed E-state index contributed by atoms with van der Waals surface area (Å²) in [5, 5.41) is 0. The molecule has 0 N–H and O–H groups in total. The van der Waals surface area contributed by atoms with Gasteiger partial charge in [0.15, 0.2) is 0 Å². The lowest BCUT2D eigenvalue weighted by Gasteiger charge is -2.10. The quantitative estimate of drug-likeness (QED) is 0.340. The highest BCUT2D eigenvalue weighted by Crippen LogP contribution is 2.28. The van der Waals surface area contributed by atoms with E-state index in [2.05, 4.69) is 128 Å². The van der Waals surface area contributed by atoms with Crippen LogP contribution in [0.4, 0.5) is 0 Å². The summed E-state index contributed by atoms with van der Waals surface area (Å²) < 4.78 is 0. The molecule has 0 nitrogen and oxygen atoms in total. The van der Waals surface area contributed by atoms with Gasteiger partial charge in [-0.1, -0.05) is 121 Å². The number of rotatable bonds is 4. The molecule has 0 aliphatic rings. The van der Waals surface area contributed by atoms with E-state index in [4.69, 9.17) is 0 Å². The minimum absolute atomic E-state index is 1.10. The Morgan fingerprint density at radius 1 is 0.464 bits per heavy atom. The fraction of sp³-hybridized carbons (Fsp3) is 0.0357. The monoisotopic (exact) mass is 358 g/mol. The van der Waals surface area contributed by atoms with E-state index in [0.717, 1.165) is 27.8 Å². The van der Waals surface area contributed by atoms with Gasteiger partial charge in [-0.25, -0.2) is 0 Å². The molecule has 0 heterocycles. The summed E-state index contributed by atoms with van der Waals surface area (Å²) in [4.78, 5) is 0. The third-order valence-electron chi connectivity index (χ3n) is 4.74. The third-order valence-corrected chi connectivity index (χ3v) is 4.74. The fourth-order valence-electron chi connectivity index (χ4n) is 3.36. The maximum Gasteiger partial charge on any atom is 0.0316 e.